The van der Waals surface area contributed by atoms with Gasteiger partial charge in [-0.05, 0) is 62.3 Å². The van der Waals surface area contributed by atoms with Crippen molar-refractivity contribution in [1.82, 2.24) is 19.9 Å². The van der Waals surface area contributed by atoms with Gasteiger partial charge in [0.25, 0.3) is 0 Å². The Hall–Kier alpha value is -6.98. The maximum atomic E-state index is 6.45. The summed E-state index contributed by atoms with van der Waals surface area (Å²) < 4.78 is 6.45. The van der Waals surface area contributed by atoms with Crippen molar-refractivity contribution in [2.24, 2.45) is 0 Å². The van der Waals surface area contributed by atoms with Crippen molar-refractivity contribution < 1.29 is 4.42 Å². The Morgan fingerprint density at radius 2 is 0.941 bits per heavy atom. The Balaban J connectivity index is 1.12. The normalized spacial score (nSPS) is 11.5. The molecule has 0 unspecified atom stereocenters. The highest BCUT2D eigenvalue weighted by Gasteiger charge is 2.18. The molecule has 0 N–H and O–H groups in total. The van der Waals surface area contributed by atoms with E-state index in [0.717, 1.165) is 66.0 Å². The summed E-state index contributed by atoms with van der Waals surface area (Å²) >= 11 is 0. The molecule has 10 rings (SSSR count). The molecule has 0 aliphatic carbocycles. The molecule has 238 valence electrons. The minimum atomic E-state index is 0.613. The van der Waals surface area contributed by atoms with E-state index in [0.29, 0.717) is 23.4 Å². The van der Waals surface area contributed by atoms with Gasteiger partial charge in [-0.1, -0.05) is 146 Å². The minimum Gasteiger partial charge on any atom is -0.435 e. The zero-order valence-electron chi connectivity index (χ0n) is 27.4. The van der Waals surface area contributed by atoms with Gasteiger partial charge < -0.3 is 4.42 Å². The third kappa shape index (κ3) is 5.03. The first-order chi connectivity index (χ1) is 25.3. The van der Waals surface area contributed by atoms with E-state index in [-0.39, 0.29) is 0 Å². The standard InChI is InChI=1S/C46H28N4O/c1-3-12-31(13-4-1)43-48-44(50-45(49-43)39-28-34-16-7-8-18-35(34)37-19-9-10-20-38(37)39)32-24-22-29(23-25-32)36-21-11-17-30-26-27-40-42(41(30)36)51-46(47-40)33-14-5-2-6-15-33/h1-28H. The lowest BCUT2D eigenvalue weighted by Crippen LogP contribution is -2.00. The average molecular weight is 653 g/mol. The van der Waals surface area contributed by atoms with E-state index >= 15 is 0 Å². The predicted octanol–water partition coefficient (Wildman–Crippen LogP) is 11.8. The molecule has 0 fully saturated rings. The van der Waals surface area contributed by atoms with Crippen molar-refractivity contribution >= 4 is 43.4 Å². The second-order valence-corrected chi connectivity index (χ2v) is 12.6. The second kappa shape index (κ2) is 11.9. The molecule has 0 amide bonds. The zero-order valence-corrected chi connectivity index (χ0v) is 27.4. The van der Waals surface area contributed by atoms with Gasteiger partial charge in [0.15, 0.2) is 23.1 Å². The van der Waals surface area contributed by atoms with Gasteiger partial charge in [0.05, 0.1) is 0 Å². The highest BCUT2D eigenvalue weighted by molar-refractivity contribution is 6.13. The molecule has 0 saturated carbocycles. The van der Waals surface area contributed by atoms with Crippen molar-refractivity contribution in [3.63, 3.8) is 0 Å². The number of nitrogens with zero attached hydrogens (tertiary/aromatic N) is 4. The van der Waals surface area contributed by atoms with Crippen LogP contribution in [-0.4, -0.2) is 19.9 Å². The van der Waals surface area contributed by atoms with Crippen molar-refractivity contribution in [3.8, 4) is 56.7 Å². The molecule has 8 aromatic carbocycles. The number of fused-ring (bicyclic) bond motifs is 6. The highest BCUT2D eigenvalue weighted by Crippen LogP contribution is 2.38. The summed E-state index contributed by atoms with van der Waals surface area (Å²) in [5.41, 5.74) is 7.51. The second-order valence-electron chi connectivity index (χ2n) is 12.6. The van der Waals surface area contributed by atoms with Crippen molar-refractivity contribution in [2.75, 3.05) is 0 Å². The largest absolute Gasteiger partial charge is 0.435 e. The third-order valence-electron chi connectivity index (χ3n) is 9.55. The summed E-state index contributed by atoms with van der Waals surface area (Å²) in [7, 11) is 0. The van der Waals surface area contributed by atoms with Crippen LogP contribution in [0.2, 0.25) is 0 Å². The topological polar surface area (TPSA) is 64.7 Å². The van der Waals surface area contributed by atoms with Crippen molar-refractivity contribution in [2.45, 2.75) is 0 Å². The van der Waals surface area contributed by atoms with Crippen LogP contribution in [0, 0.1) is 0 Å². The van der Waals surface area contributed by atoms with Gasteiger partial charge in [0.2, 0.25) is 5.89 Å². The van der Waals surface area contributed by atoms with E-state index in [1.54, 1.807) is 0 Å². The Kier molecular flexibility index (Phi) is 6.74. The van der Waals surface area contributed by atoms with Crippen LogP contribution < -0.4 is 0 Å². The lowest BCUT2D eigenvalue weighted by molar-refractivity contribution is 0.623. The van der Waals surface area contributed by atoms with Crippen LogP contribution in [0.25, 0.3) is 100 Å². The van der Waals surface area contributed by atoms with Crippen LogP contribution in [0.5, 0.6) is 0 Å². The maximum absolute atomic E-state index is 6.45. The summed E-state index contributed by atoms with van der Waals surface area (Å²) in [6, 6.07) is 58.2. The fourth-order valence-electron chi connectivity index (χ4n) is 7.08. The predicted molar refractivity (Wildman–Crippen MR) is 207 cm³/mol. The number of hydrogen-bond acceptors (Lipinski definition) is 5. The molecule has 51 heavy (non-hydrogen) atoms. The number of aromatic nitrogens is 4. The Morgan fingerprint density at radius 3 is 1.71 bits per heavy atom. The summed E-state index contributed by atoms with van der Waals surface area (Å²) in [6.45, 7) is 0. The first kappa shape index (κ1) is 29.0. The zero-order chi connectivity index (χ0) is 33.7. The molecule has 0 atom stereocenters. The summed E-state index contributed by atoms with van der Waals surface area (Å²) in [5, 5.41) is 6.76. The van der Waals surface area contributed by atoms with Gasteiger partial charge in [-0.25, -0.2) is 19.9 Å². The van der Waals surface area contributed by atoms with Crippen LogP contribution in [0.1, 0.15) is 0 Å². The first-order valence-electron chi connectivity index (χ1n) is 17.0. The molecule has 0 saturated heterocycles. The van der Waals surface area contributed by atoms with E-state index < -0.39 is 0 Å². The molecule has 0 aliphatic heterocycles. The monoisotopic (exact) mass is 652 g/mol. The lowest BCUT2D eigenvalue weighted by Gasteiger charge is -2.13. The van der Waals surface area contributed by atoms with E-state index in [1.807, 2.05) is 66.7 Å². The SMILES string of the molecule is c1ccc(-c2nc(-c3ccc(-c4cccc5ccc6nc(-c7ccccc7)oc6c45)cc3)nc(-c3cc4ccccc4c4ccccc34)n2)cc1. The van der Waals surface area contributed by atoms with Crippen LogP contribution in [0.3, 0.4) is 0 Å². The Labute approximate surface area is 293 Å². The van der Waals surface area contributed by atoms with Gasteiger partial charge in [0, 0.05) is 27.6 Å². The number of benzene rings is 8. The molecule has 0 aliphatic rings. The summed E-state index contributed by atoms with van der Waals surface area (Å²) in [5.74, 6) is 2.50. The van der Waals surface area contributed by atoms with Gasteiger partial charge in [-0.3, -0.25) is 0 Å². The maximum Gasteiger partial charge on any atom is 0.227 e. The fourth-order valence-corrected chi connectivity index (χ4v) is 7.08. The van der Waals surface area contributed by atoms with E-state index in [2.05, 4.69) is 103 Å². The summed E-state index contributed by atoms with van der Waals surface area (Å²) in [4.78, 5) is 20.1. The van der Waals surface area contributed by atoms with E-state index in [4.69, 9.17) is 24.4 Å². The smallest absolute Gasteiger partial charge is 0.227 e. The van der Waals surface area contributed by atoms with Crippen LogP contribution in [0.15, 0.2) is 174 Å². The van der Waals surface area contributed by atoms with Gasteiger partial charge in [0.1, 0.15) is 5.52 Å². The van der Waals surface area contributed by atoms with Gasteiger partial charge in [-0.15, -0.1) is 0 Å². The van der Waals surface area contributed by atoms with E-state index in [1.165, 1.54) is 10.8 Å². The minimum absolute atomic E-state index is 0.613. The molecule has 5 heteroatoms. The van der Waals surface area contributed by atoms with Crippen LogP contribution in [0.4, 0.5) is 0 Å². The molecule has 0 spiro atoms. The molecule has 2 aromatic heterocycles. The van der Waals surface area contributed by atoms with E-state index in [9.17, 15) is 0 Å². The number of rotatable bonds is 5. The number of hydrogen-bond donors (Lipinski definition) is 0. The highest BCUT2D eigenvalue weighted by atomic mass is 16.3. The Morgan fingerprint density at radius 1 is 0.353 bits per heavy atom. The van der Waals surface area contributed by atoms with Crippen LogP contribution in [-0.2, 0) is 0 Å². The molecule has 0 radical (unpaired) electrons. The third-order valence-corrected chi connectivity index (χ3v) is 9.55. The molecular weight excluding hydrogens is 625 g/mol. The quantitative estimate of drug-likeness (QED) is 0.173. The molecular formula is C46H28N4O. The lowest BCUT2D eigenvalue weighted by atomic mass is 9.96. The van der Waals surface area contributed by atoms with Gasteiger partial charge >= 0.3 is 0 Å². The summed E-state index contributed by atoms with van der Waals surface area (Å²) in [6.07, 6.45) is 0. The van der Waals surface area contributed by atoms with Gasteiger partial charge in [-0.2, -0.15) is 0 Å². The molecule has 10 aromatic rings. The first-order valence-corrected chi connectivity index (χ1v) is 17.0. The Bertz CT molecular complexity index is 2900. The van der Waals surface area contributed by atoms with Crippen molar-refractivity contribution in [1.29, 1.82) is 0 Å². The van der Waals surface area contributed by atoms with Crippen LogP contribution >= 0.6 is 0 Å². The molecule has 2 heterocycles. The number of oxazole rings is 1. The molecule has 0 bridgehead atoms. The van der Waals surface area contributed by atoms with Crippen molar-refractivity contribution in [3.05, 3.63) is 170 Å². The molecule has 5 nitrogen and oxygen atoms in total. The average Bonchev–Trinajstić information content (AvgIpc) is 3.66. The fraction of sp³-hybridized carbons (Fsp3) is 0.